The number of hydrogen-bond donors (Lipinski definition) is 1. The summed E-state index contributed by atoms with van der Waals surface area (Å²) in [4.78, 5) is 11.1. The van der Waals surface area contributed by atoms with E-state index in [1.807, 2.05) is 18.2 Å². The van der Waals surface area contributed by atoms with Gasteiger partial charge in [0.15, 0.2) is 23.6 Å². The molecule has 5 heterocycles. The molecule has 3 saturated heterocycles. The SMILES string of the molecule is O=Cc1cc(C2CNN3CCC2CC3)c(-c2ccco2)o1. The average Bonchev–Trinajstić information content (AvgIpc) is 3.10. The summed E-state index contributed by atoms with van der Waals surface area (Å²) in [6.45, 7) is 3.07. The minimum Gasteiger partial charge on any atom is -0.461 e. The van der Waals surface area contributed by atoms with Crippen LogP contribution in [0.3, 0.4) is 0 Å². The molecule has 0 amide bonds. The Hall–Kier alpha value is -1.85. The van der Waals surface area contributed by atoms with Crippen LogP contribution in [-0.4, -0.2) is 30.9 Å². The summed E-state index contributed by atoms with van der Waals surface area (Å²) in [5, 5.41) is 2.30. The molecule has 3 aliphatic heterocycles. The van der Waals surface area contributed by atoms with Crippen molar-refractivity contribution >= 4 is 6.29 Å². The molecule has 2 aromatic rings. The minimum atomic E-state index is 0.357. The normalized spacial score (nSPS) is 28.5. The van der Waals surface area contributed by atoms with Crippen molar-refractivity contribution in [2.75, 3.05) is 19.6 Å². The van der Waals surface area contributed by atoms with E-state index in [9.17, 15) is 4.79 Å². The van der Waals surface area contributed by atoms with Gasteiger partial charge in [-0.1, -0.05) is 0 Å². The van der Waals surface area contributed by atoms with Gasteiger partial charge in [-0.15, -0.1) is 0 Å². The quantitative estimate of drug-likeness (QED) is 0.879. The number of nitrogens with one attached hydrogen (secondary N) is 1. The number of nitrogens with zero attached hydrogens (tertiary/aromatic N) is 1. The predicted octanol–water partition coefficient (Wildman–Crippen LogP) is 2.67. The number of carbonyl (C=O) groups is 1. The summed E-state index contributed by atoms with van der Waals surface area (Å²) in [6, 6.07) is 5.60. The Kier molecular flexibility index (Phi) is 3.16. The third kappa shape index (κ3) is 2.22. The van der Waals surface area contributed by atoms with Gasteiger partial charge in [-0.3, -0.25) is 10.2 Å². The molecule has 5 rings (SSSR count). The molecular formula is C16H18N2O3. The Labute approximate surface area is 122 Å². The van der Waals surface area contributed by atoms with Crippen molar-refractivity contribution < 1.29 is 13.6 Å². The zero-order valence-corrected chi connectivity index (χ0v) is 11.7. The van der Waals surface area contributed by atoms with Gasteiger partial charge in [-0.2, -0.15) is 0 Å². The third-order valence-electron chi connectivity index (χ3n) is 4.68. The number of aldehydes is 1. The molecule has 1 atom stereocenters. The Morgan fingerprint density at radius 3 is 2.90 bits per heavy atom. The van der Waals surface area contributed by atoms with Crippen LogP contribution >= 0.6 is 0 Å². The summed E-state index contributed by atoms with van der Waals surface area (Å²) in [5.41, 5.74) is 4.59. The first-order chi connectivity index (χ1) is 10.3. The van der Waals surface area contributed by atoms with Gasteiger partial charge in [0.05, 0.1) is 6.26 Å². The number of furan rings is 2. The number of fused-ring (bicyclic) bond motifs is 4. The van der Waals surface area contributed by atoms with E-state index in [1.54, 1.807) is 6.26 Å². The molecule has 21 heavy (non-hydrogen) atoms. The molecule has 0 aliphatic carbocycles. The number of hydrogen-bond acceptors (Lipinski definition) is 5. The van der Waals surface area contributed by atoms with Gasteiger partial charge in [-0.05, 0) is 37.0 Å². The lowest BCUT2D eigenvalue weighted by Crippen LogP contribution is -2.39. The van der Waals surface area contributed by atoms with Crippen molar-refractivity contribution in [1.29, 1.82) is 0 Å². The molecule has 5 heteroatoms. The molecule has 0 spiro atoms. The van der Waals surface area contributed by atoms with Crippen LogP contribution in [0.15, 0.2) is 33.3 Å². The van der Waals surface area contributed by atoms with Crippen molar-refractivity contribution in [3.05, 3.63) is 35.8 Å². The first-order valence-corrected chi connectivity index (χ1v) is 7.46. The molecule has 0 saturated carbocycles. The standard InChI is InChI=1S/C16H18N2O3/c19-10-12-8-13(16(21-12)15-2-1-7-20-15)14-9-17-18-5-3-11(14)4-6-18/h1-2,7-8,10-11,14,17H,3-6,9H2. The van der Waals surface area contributed by atoms with E-state index >= 15 is 0 Å². The van der Waals surface area contributed by atoms with Crippen molar-refractivity contribution in [2.24, 2.45) is 5.92 Å². The molecule has 2 bridgehead atoms. The first-order valence-electron chi connectivity index (χ1n) is 7.46. The van der Waals surface area contributed by atoms with Crippen LogP contribution in [0.5, 0.6) is 0 Å². The van der Waals surface area contributed by atoms with Gasteiger partial charge >= 0.3 is 0 Å². The zero-order chi connectivity index (χ0) is 14.2. The lowest BCUT2D eigenvalue weighted by atomic mass is 9.81. The average molecular weight is 286 g/mol. The van der Waals surface area contributed by atoms with Crippen molar-refractivity contribution in [2.45, 2.75) is 18.8 Å². The van der Waals surface area contributed by atoms with Gasteiger partial charge < -0.3 is 8.83 Å². The van der Waals surface area contributed by atoms with Crippen molar-refractivity contribution in [3.63, 3.8) is 0 Å². The largest absolute Gasteiger partial charge is 0.461 e. The molecule has 0 aromatic carbocycles. The number of piperidine rings is 1. The van der Waals surface area contributed by atoms with Crippen LogP contribution in [0, 0.1) is 5.92 Å². The van der Waals surface area contributed by atoms with E-state index in [4.69, 9.17) is 8.83 Å². The Morgan fingerprint density at radius 2 is 2.19 bits per heavy atom. The van der Waals surface area contributed by atoms with Crippen LogP contribution in [-0.2, 0) is 0 Å². The van der Waals surface area contributed by atoms with E-state index in [2.05, 4.69) is 10.4 Å². The predicted molar refractivity (Wildman–Crippen MR) is 76.8 cm³/mol. The van der Waals surface area contributed by atoms with Crippen LogP contribution in [0.4, 0.5) is 0 Å². The highest BCUT2D eigenvalue weighted by atomic mass is 16.4. The molecule has 110 valence electrons. The molecule has 3 fully saturated rings. The fraction of sp³-hybridized carbons (Fsp3) is 0.438. The summed E-state index contributed by atoms with van der Waals surface area (Å²) >= 11 is 0. The number of rotatable bonds is 3. The van der Waals surface area contributed by atoms with E-state index in [-0.39, 0.29) is 0 Å². The van der Waals surface area contributed by atoms with Gasteiger partial charge in [0.1, 0.15) is 0 Å². The molecular weight excluding hydrogens is 268 g/mol. The maximum Gasteiger partial charge on any atom is 0.185 e. The van der Waals surface area contributed by atoms with Gasteiger partial charge in [0, 0.05) is 31.1 Å². The third-order valence-corrected chi connectivity index (χ3v) is 4.68. The zero-order valence-electron chi connectivity index (χ0n) is 11.7. The second-order valence-electron chi connectivity index (χ2n) is 5.82. The van der Waals surface area contributed by atoms with E-state index in [0.29, 0.717) is 29.1 Å². The Balaban J connectivity index is 1.76. The van der Waals surface area contributed by atoms with Crippen molar-refractivity contribution in [1.82, 2.24) is 10.4 Å². The van der Waals surface area contributed by atoms with Crippen LogP contribution in [0.25, 0.3) is 11.5 Å². The summed E-state index contributed by atoms with van der Waals surface area (Å²) in [5.74, 6) is 2.75. The highest BCUT2D eigenvalue weighted by molar-refractivity contribution is 5.74. The maximum absolute atomic E-state index is 11.1. The molecule has 1 unspecified atom stereocenters. The molecule has 3 aliphatic rings. The number of hydrazine groups is 1. The maximum atomic E-state index is 11.1. The highest BCUT2D eigenvalue weighted by Gasteiger charge is 2.35. The van der Waals surface area contributed by atoms with Crippen LogP contribution in [0.2, 0.25) is 0 Å². The molecule has 2 aromatic heterocycles. The fourth-order valence-corrected chi connectivity index (χ4v) is 3.58. The second-order valence-corrected chi connectivity index (χ2v) is 5.82. The van der Waals surface area contributed by atoms with E-state index in [1.165, 1.54) is 12.8 Å². The fourth-order valence-electron chi connectivity index (χ4n) is 3.58. The molecule has 5 nitrogen and oxygen atoms in total. The first kappa shape index (κ1) is 12.9. The Bertz CT molecular complexity index is 624. The summed E-state index contributed by atoms with van der Waals surface area (Å²) in [7, 11) is 0. The lowest BCUT2D eigenvalue weighted by Gasteiger charge is -2.28. The number of carbonyl (C=O) groups excluding carboxylic acids is 1. The van der Waals surface area contributed by atoms with Gasteiger partial charge in [0.25, 0.3) is 0 Å². The van der Waals surface area contributed by atoms with Gasteiger partial charge in [0.2, 0.25) is 0 Å². The molecule has 0 radical (unpaired) electrons. The molecule has 1 N–H and O–H groups in total. The monoisotopic (exact) mass is 286 g/mol. The van der Waals surface area contributed by atoms with E-state index < -0.39 is 0 Å². The second kappa shape index (κ2) is 5.16. The van der Waals surface area contributed by atoms with Crippen LogP contribution in [0.1, 0.15) is 34.9 Å². The summed E-state index contributed by atoms with van der Waals surface area (Å²) in [6.07, 6.45) is 4.75. The summed E-state index contributed by atoms with van der Waals surface area (Å²) < 4.78 is 11.2. The van der Waals surface area contributed by atoms with E-state index in [0.717, 1.165) is 31.5 Å². The smallest absolute Gasteiger partial charge is 0.185 e. The van der Waals surface area contributed by atoms with Gasteiger partial charge in [-0.25, -0.2) is 5.01 Å². The minimum absolute atomic E-state index is 0.357. The van der Waals surface area contributed by atoms with Crippen molar-refractivity contribution in [3.8, 4) is 11.5 Å². The highest BCUT2D eigenvalue weighted by Crippen LogP contribution is 2.40. The van der Waals surface area contributed by atoms with Crippen LogP contribution < -0.4 is 5.43 Å². The Morgan fingerprint density at radius 1 is 1.33 bits per heavy atom. The lowest BCUT2D eigenvalue weighted by molar-refractivity contribution is 0.110. The topological polar surface area (TPSA) is 58.6 Å².